The van der Waals surface area contributed by atoms with Crippen molar-refractivity contribution >= 4 is 0 Å². The van der Waals surface area contributed by atoms with Gasteiger partial charge in [0.2, 0.25) is 0 Å². The summed E-state index contributed by atoms with van der Waals surface area (Å²) < 4.78 is 5.94. The Labute approximate surface area is 118 Å². The number of hydrogen-bond acceptors (Lipinski definition) is 4. The average Bonchev–Trinajstić information content (AvgIpc) is 2.48. The van der Waals surface area contributed by atoms with Gasteiger partial charge in [0.05, 0.1) is 12.7 Å². The molecule has 1 heterocycles. The monoisotopic (exact) mass is 269 g/mol. The Morgan fingerprint density at radius 3 is 2.68 bits per heavy atom. The van der Waals surface area contributed by atoms with E-state index in [-0.39, 0.29) is 5.54 Å². The van der Waals surface area contributed by atoms with Crippen LogP contribution in [0.1, 0.15) is 39.0 Å². The number of rotatable bonds is 5. The summed E-state index contributed by atoms with van der Waals surface area (Å²) in [5.74, 6) is 0. The third-order valence-electron chi connectivity index (χ3n) is 5.12. The molecule has 1 saturated heterocycles. The number of morpholine rings is 1. The van der Waals surface area contributed by atoms with E-state index in [1.54, 1.807) is 0 Å². The average molecular weight is 269 g/mol. The molecule has 2 rings (SSSR count). The summed E-state index contributed by atoms with van der Waals surface area (Å²) in [6.07, 6.45) is 6.89. The minimum absolute atomic E-state index is 0.232. The van der Waals surface area contributed by atoms with Gasteiger partial charge in [-0.25, -0.2) is 0 Å². The first-order valence-corrected chi connectivity index (χ1v) is 7.95. The van der Waals surface area contributed by atoms with Gasteiger partial charge in [-0.15, -0.1) is 0 Å². The van der Waals surface area contributed by atoms with Crippen LogP contribution in [-0.4, -0.2) is 67.8 Å². The van der Waals surface area contributed by atoms with Crippen LogP contribution in [0.4, 0.5) is 0 Å². The summed E-state index contributed by atoms with van der Waals surface area (Å²) in [7, 11) is 2.24. The molecule has 0 bridgehead atoms. The minimum atomic E-state index is 0.232. The molecule has 0 aromatic carbocycles. The van der Waals surface area contributed by atoms with Gasteiger partial charge in [-0.3, -0.25) is 9.80 Å². The number of nitrogens with zero attached hydrogens (tertiary/aromatic N) is 2. The van der Waals surface area contributed by atoms with Crippen molar-refractivity contribution in [3.63, 3.8) is 0 Å². The lowest BCUT2D eigenvalue weighted by Crippen LogP contribution is -2.57. The molecule has 4 nitrogen and oxygen atoms in total. The summed E-state index contributed by atoms with van der Waals surface area (Å²) in [5.41, 5.74) is 6.34. The van der Waals surface area contributed by atoms with E-state index in [1.807, 2.05) is 0 Å². The number of likely N-dealkylation sites (N-methyl/N-ethyl adjacent to an activating group) is 2. The molecule has 2 aliphatic rings. The first-order valence-electron chi connectivity index (χ1n) is 7.95. The van der Waals surface area contributed by atoms with Gasteiger partial charge in [0.15, 0.2) is 0 Å². The molecule has 112 valence electrons. The zero-order chi connectivity index (χ0) is 13.7. The van der Waals surface area contributed by atoms with Crippen molar-refractivity contribution in [2.75, 3.05) is 46.4 Å². The van der Waals surface area contributed by atoms with Crippen molar-refractivity contribution in [2.24, 2.45) is 5.73 Å². The van der Waals surface area contributed by atoms with Crippen molar-refractivity contribution in [1.82, 2.24) is 9.80 Å². The lowest BCUT2D eigenvalue weighted by molar-refractivity contribution is -0.0570. The van der Waals surface area contributed by atoms with Crippen molar-refractivity contribution in [2.45, 2.75) is 50.7 Å². The van der Waals surface area contributed by atoms with Crippen LogP contribution in [0.25, 0.3) is 0 Å². The number of hydrogen-bond donors (Lipinski definition) is 1. The lowest BCUT2D eigenvalue weighted by Gasteiger charge is -2.46. The molecule has 0 radical (unpaired) electrons. The van der Waals surface area contributed by atoms with Crippen molar-refractivity contribution in [3.05, 3.63) is 0 Å². The Kier molecular flexibility index (Phi) is 5.63. The quantitative estimate of drug-likeness (QED) is 0.817. The molecular formula is C15H31N3O. The summed E-state index contributed by atoms with van der Waals surface area (Å²) in [6, 6.07) is 0. The molecule has 1 atom stereocenters. The van der Waals surface area contributed by atoms with Gasteiger partial charge < -0.3 is 10.5 Å². The molecule has 1 unspecified atom stereocenters. The van der Waals surface area contributed by atoms with Crippen LogP contribution in [0.15, 0.2) is 0 Å². The van der Waals surface area contributed by atoms with Gasteiger partial charge in [-0.05, 0) is 26.4 Å². The van der Waals surface area contributed by atoms with E-state index in [4.69, 9.17) is 10.5 Å². The Hall–Kier alpha value is -0.160. The van der Waals surface area contributed by atoms with Crippen LogP contribution in [0.2, 0.25) is 0 Å². The lowest BCUT2D eigenvalue weighted by atomic mass is 9.80. The van der Waals surface area contributed by atoms with Crippen LogP contribution < -0.4 is 5.73 Å². The Morgan fingerprint density at radius 1 is 1.32 bits per heavy atom. The van der Waals surface area contributed by atoms with Gasteiger partial charge in [-0.1, -0.05) is 26.2 Å². The normalized spacial score (nSPS) is 28.7. The molecule has 1 saturated carbocycles. The van der Waals surface area contributed by atoms with Gasteiger partial charge in [0.1, 0.15) is 0 Å². The van der Waals surface area contributed by atoms with Gasteiger partial charge >= 0.3 is 0 Å². The predicted octanol–water partition coefficient (Wildman–Crippen LogP) is 1.30. The second kappa shape index (κ2) is 7.02. The third kappa shape index (κ3) is 3.69. The van der Waals surface area contributed by atoms with E-state index in [0.717, 1.165) is 39.3 Å². The highest BCUT2D eigenvalue weighted by Gasteiger charge is 2.36. The minimum Gasteiger partial charge on any atom is -0.374 e. The third-order valence-corrected chi connectivity index (χ3v) is 5.12. The molecule has 1 aliphatic heterocycles. The largest absolute Gasteiger partial charge is 0.374 e. The van der Waals surface area contributed by atoms with Crippen LogP contribution in [-0.2, 0) is 4.74 Å². The molecule has 4 heteroatoms. The molecular weight excluding hydrogens is 238 g/mol. The smallest absolute Gasteiger partial charge is 0.0829 e. The fraction of sp³-hybridized carbons (Fsp3) is 1.00. The number of nitrogens with two attached hydrogens (primary N) is 1. The predicted molar refractivity (Wildman–Crippen MR) is 79.4 cm³/mol. The van der Waals surface area contributed by atoms with E-state index in [9.17, 15) is 0 Å². The van der Waals surface area contributed by atoms with E-state index in [2.05, 4.69) is 23.8 Å². The molecule has 19 heavy (non-hydrogen) atoms. The number of ether oxygens (including phenoxy) is 1. The molecule has 0 aromatic heterocycles. The molecule has 0 aromatic rings. The molecule has 2 N–H and O–H groups in total. The van der Waals surface area contributed by atoms with E-state index < -0.39 is 0 Å². The van der Waals surface area contributed by atoms with Crippen LogP contribution in [0, 0.1) is 0 Å². The highest BCUT2D eigenvalue weighted by molar-refractivity contribution is 4.94. The van der Waals surface area contributed by atoms with Crippen molar-refractivity contribution in [3.8, 4) is 0 Å². The van der Waals surface area contributed by atoms with Crippen molar-refractivity contribution < 1.29 is 4.74 Å². The first-order chi connectivity index (χ1) is 9.20. The second-order valence-electron chi connectivity index (χ2n) is 6.26. The first kappa shape index (κ1) is 15.2. The van der Waals surface area contributed by atoms with Gasteiger partial charge in [0.25, 0.3) is 0 Å². The zero-order valence-corrected chi connectivity index (χ0v) is 12.7. The van der Waals surface area contributed by atoms with Crippen molar-refractivity contribution in [1.29, 1.82) is 0 Å². The SMILES string of the molecule is CCN1CCOC(CN(C)C2(CN)CCCCC2)C1. The highest BCUT2D eigenvalue weighted by Crippen LogP contribution is 2.32. The summed E-state index contributed by atoms with van der Waals surface area (Å²) >= 11 is 0. The van der Waals surface area contributed by atoms with Gasteiger partial charge in [0, 0.05) is 31.7 Å². The Morgan fingerprint density at radius 2 is 2.05 bits per heavy atom. The summed E-state index contributed by atoms with van der Waals surface area (Å²) in [5, 5.41) is 0. The summed E-state index contributed by atoms with van der Waals surface area (Å²) in [6.45, 7) is 8.20. The molecule has 1 aliphatic carbocycles. The fourth-order valence-corrected chi connectivity index (χ4v) is 3.63. The molecule has 0 amide bonds. The van der Waals surface area contributed by atoms with E-state index in [1.165, 1.54) is 32.1 Å². The summed E-state index contributed by atoms with van der Waals surface area (Å²) in [4.78, 5) is 4.98. The second-order valence-corrected chi connectivity index (χ2v) is 6.26. The zero-order valence-electron chi connectivity index (χ0n) is 12.7. The topological polar surface area (TPSA) is 41.7 Å². The van der Waals surface area contributed by atoms with Crippen LogP contribution in [0.3, 0.4) is 0 Å². The van der Waals surface area contributed by atoms with Gasteiger partial charge in [-0.2, -0.15) is 0 Å². The molecule has 2 fully saturated rings. The van der Waals surface area contributed by atoms with E-state index in [0.29, 0.717) is 6.10 Å². The van der Waals surface area contributed by atoms with E-state index >= 15 is 0 Å². The Balaban J connectivity index is 1.89. The maximum Gasteiger partial charge on any atom is 0.0829 e. The van der Waals surface area contributed by atoms with Crippen LogP contribution in [0.5, 0.6) is 0 Å². The molecule has 0 spiro atoms. The highest BCUT2D eigenvalue weighted by atomic mass is 16.5. The standard InChI is InChI=1S/C15H31N3O/c1-3-18-9-10-19-14(12-18)11-17(2)15(13-16)7-5-4-6-8-15/h14H,3-13,16H2,1-2H3. The van der Waals surface area contributed by atoms with Crippen LogP contribution >= 0.6 is 0 Å². The maximum absolute atomic E-state index is 6.10. The maximum atomic E-state index is 6.10. The fourth-order valence-electron chi connectivity index (χ4n) is 3.63. The Bertz CT molecular complexity index is 266.